The Bertz CT molecular complexity index is 189. The van der Waals surface area contributed by atoms with Crippen LogP contribution in [-0.4, -0.2) is 37.0 Å². The van der Waals surface area contributed by atoms with E-state index in [4.69, 9.17) is 0 Å². The summed E-state index contributed by atoms with van der Waals surface area (Å²) in [6, 6.07) is 0. The molecule has 0 aliphatic rings. The summed E-state index contributed by atoms with van der Waals surface area (Å²) in [7, 11) is 1.54. The molecular formula is C8H13NO3. The molecule has 0 spiro atoms. The Morgan fingerprint density at radius 1 is 1.58 bits per heavy atom. The number of carbonyl (C=O) groups excluding carboxylic acids is 2. The lowest BCUT2D eigenvalue weighted by Crippen LogP contribution is -2.34. The van der Waals surface area contributed by atoms with Crippen LogP contribution >= 0.6 is 0 Å². The highest BCUT2D eigenvalue weighted by molar-refractivity contribution is 6.32. The molecule has 0 fully saturated rings. The second kappa shape index (κ2) is 5.35. The molecule has 0 bridgehead atoms. The Balaban J connectivity index is 3.92. The van der Waals surface area contributed by atoms with Gasteiger partial charge in [-0.05, 0) is 6.92 Å². The number of hydrogen-bond acceptors (Lipinski definition) is 3. The van der Waals surface area contributed by atoms with Crippen molar-refractivity contribution in [1.82, 2.24) is 4.90 Å². The second-order valence-corrected chi connectivity index (χ2v) is 2.21. The minimum absolute atomic E-state index is 0.0716. The molecule has 0 radical (unpaired) electrons. The van der Waals surface area contributed by atoms with Gasteiger partial charge in [-0.1, -0.05) is 12.7 Å². The predicted octanol–water partition coefficient (Wildman–Crippen LogP) is 0.194. The van der Waals surface area contributed by atoms with Crippen LogP contribution in [0.5, 0.6) is 0 Å². The minimum atomic E-state index is -0.834. The third kappa shape index (κ3) is 3.18. The summed E-state index contributed by atoms with van der Waals surface area (Å²) >= 11 is 0. The SMILES string of the molecule is C=CCOC(=O)C(=O)N(C)CC. The van der Waals surface area contributed by atoms with Crippen LogP contribution < -0.4 is 0 Å². The largest absolute Gasteiger partial charge is 0.454 e. The topological polar surface area (TPSA) is 46.6 Å². The van der Waals surface area contributed by atoms with Gasteiger partial charge in [-0.25, -0.2) is 4.79 Å². The Kier molecular flexibility index (Phi) is 4.76. The highest BCUT2D eigenvalue weighted by Crippen LogP contribution is 1.88. The Hall–Kier alpha value is -1.32. The first-order chi connectivity index (χ1) is 5.63. The molecule has 12 heavy (non-hydrogen) atoms. The monoisotopic (exact) mass is 171 g/mol. The van der Waals surface area contributed by atoms with E-state index in [1.54, 1.807) is 6.92 Å². The second-order valence-electron chi connectivity index (χ2n) is 2.21. The van der Waals surface area contributed by atoms with Gasteiger partial charge in [-0.15, -0.1) is 0 Å². The molecule has 0 N–H and O–H groups in total. The van der Waals surface area contributed by atoms with E-state index >= 15 is 0 Å². The van der Waals surface area contributed by atoms with Crippen LogP contribution in [0.15, 0.2) is 12.7 Å². The quantitative estimate of drug-likeness (QED) is 0.346. The Labute approximate surface area is 71.8 Å². The van der Waals surface area contributed by atoms with Crippen molar-refractivity contribution in [3.63, 3.8) is 0 Å². The van der Waals surface area contributed by atoms with Crippen molar-refractivity contribution in [2.75, 3.05) is 20.2 Å². The number of rotatable bonds is 3. The van der Waals surface area contributed by atoms with E-state index in [0.29, 0.717) is 6.54 Å². The van der Waals surface area contributed by atoms with Crippen molar-refractivity contribution < 1.29 is 14.3 Å². The summed E-state index contributed by atoms with van der Waals surface area (Å²) in [6.07, 6.45) is 1.41. The summed E-state index contributed by atoms with van der Waals surface area (Å²) < 4.78 is 4.53. The van der Waals surface area contributed by atoms with E-state index in [2.05, 4.69) is 11.3 Å². The number of likely N-dealkylation sites (N-methyl/N-ethyl adjacent to an activating group) is 1. The van der Waals surface area contributed by atoms with Crippen molar-refractivity contribution in [3.05, 3.63) is 12.7 Å². The maximum Gasteiger partial charge on any atom is 0.397 e. The van der Waals surface area contributed by atoms with Crippen LogP contribution in [0, 0.1) is 0 Å². The normalized spacial score (nSPS) is 8.83. The Morgan fingerprint density at radius 3 is 2.58 bits per heavy atom. The zero-order valence-corrected chi connectivity index (χ0v) is 7.37. The molecule has 4 nitrogen and oxygen atoms in total. The fourth-order valence-electron chi connectivity index (χ4n) is 0.496. The third-order valence-electron chi connectivity index (χ3n) is 1.33. The number of amides is 1. The molecule has 0 atom stereocenters. The zero-order chi connectivity index (χ0) is 9.56. The number of esters is 1. The first kappa shape index (κ1) is 10.7. The Morgan fingerprint density at radius 2 is 2.17 bits per heavy atom. The van der Waals surface area contributed by atoms with Crippen LogP contribution in [-0.2, 0) is 14.3 Å². The van der Waals surface area contributed by atoms with Gasteiger partial charge in [0.05, 0.1) is 0 Å². The lowest BCUT2D eigenvalue weighted by atomic mass is 10.5. The lowest BCUT2D eigenvalue weighted by Gasteiger charge is -2.12. The van der Waals surface area contributed by atoms with Crippen LogP contribution in [0.2, 0.25) is 0 Å². The zero-order valence-electron chi connectivity index (χ0n) is 7.37. The van der Waals surface area contributed by atoms with Gasteiger partial charge in [-0.3, -0.25) is 4.79 Å². The van der Waals surface area contributed by atoms with Crippen LogP contribution in [0.25, 0.3) is 0 Å². The fraction of sp³-hybridized carbons (Fsp3) is 0.500. The molecule has 0 unspecified atom stereocenters. The van der Waals surface area contributed by atoms with Gasteiger partial charge >= 0.3 is 11.9 Å². The van der Waals surface area contributed by atoms with E-state index < -0.39 is 11.9 Å². The third-order valence-corrected chi connectivity index (χ3v) is 1.33. The maximum atomic E-state index is 11.0. The highest BCUT2D eigenvalue weighted by Gasteiger charge is 2.17. The molecule has 0 saturated heterocycles. The van der Waals surface area contributed by atoms with Crippen LogP contribution in [0.3, 0.4) is 0 Å². The first-order valence-corrected chi connectivity index (χ1v) is 3.66. The van der Waals surface area contributed by atoms with E-state index in [0.717, 1.165) is 0 Å². The molecule has 0 aromatic carbocycles. The van der Waals surface area contributed by atoms with Crippen molar-refractivity contribution >= 4 is 11.9 Å². The highest BCUT2D eigenvalue weighted by atomic mass is 16.5. The summed E-state index contributed by atoms with van der Waals surface area (Å²) in [4.78, 5) is 23.1. The van der Waals surface area contributed by atoms with Crippen LogP contribution in [0.1, 0.15) is 6.92 Å². The standard InChI is InChI=1S/C8H13NO3/c1-4-6-12-8(11)7(10)9(3)5-2/h4H,1,5-6H2,2-3H3. The summed E-state index contributed by atoms with van der Waals surface area (Å²) in [5.41, 5.74) is 0. The number of hydrogen-bond donors (Lipinski definition) is 0. The summed E-state index contributed by atoms with van der Waals surface area (Å²) in [6.45, 7) is 5.69. The van der Waals surface area contributed by atoms with Gasteiger partial charge in [0.1, 0.15) is 6.61 Å². The molecule has 0 aliphatic carbocycles. The van der Waals surface area contributed by atoms with E-state index in [1.165, 1.54) is 18.0 Å². The number of ether oxygens (including phenoxy) is 1. The van der Waals surface area contributed by atoms with Crippen molar-refractivity contribution in [2.45, 2.75) is 6.92 Å². The average molecular weight is 171 g/mol. The average Bonchev–Trinajstić information content (AvgIpc) is 2.11. The van der Waals surface area contributed by atoms with Gasteiger partial charge in [0, 0.05) is 13.6 Å². The first-order valence-electron chi connectivity index (χ1n) is 3.66. The molecule has 0 heterocycles. The van der Waals surface area contributed by atoms with Gasteiger partial charge in [0.25, 0.3) is 0 Å². The van der Waals surface area contributed by atoms with Gasteiger partial charge in [0.2, 0.25) is 0 Å². The fourth-order valence-corrected chi connectivity index (χ4v) is 0.496. The smallest absolute Gasteiger partial charge is 0.397 e. The van der Waals surface area contributed by atoms with Crippen molar-refractivity contribution in [3.8, 4) is 0 Å². The van der Waals surface area contributed by atoms with E-state index in [1.807, 2.05) is 0 Å². The maximum absolute atomic E-state index is 11.0. The van der Waals surface area contributed by atoms with Crippen LogP contribution in [0.4, 0.5) is 0 Å². The van der Waals surface area contributed by atoms with E-state index in [-0.39, 0.29) is 6.61 Å². The molecule has 0 saturated carbocycles. The van der Waals surface area contributed by atoms with Gasteiger partial charge in [0.15, 0.2) is 0 Å². The predicted molar refractivity (Wildman–Crippen MR) is 44.5 cm³/mol. The lowest BCUT2D eigenvalue weighted by molar-refractivity contribution is -0.158. The molecule has 0 aliphatic heterocycles. The molecule has 1 amide bonds. The van der Waals surface area contributed by atoms with E-state index in [9.17, 15) is 9.59 Å². The molecule has 4 heteroatoms. The van der Waals surface area contributed by atoms with Crippen molar-refractivity contribution in [2.24, 2.45) is 0 Å². The van der Waals surface area contributed by atoms with Crippen molar-refractivity contribution in [1.29, 1.82) is 0 Å². The molecule has 68 valence electrons. The number of carbonyl (C=O) groups is 2. The summed E-state index contributed by atoms with van der Waals surface area (Å²) in [5, 5.41) is 0. The summed E-state index contributed by atoms with van der Waals surface area (Å²) in [5.74, 6) is -1.46. The molecule has 0 aromatic heterocycles. The minimum Gasteiger partial charge on any atom is -0.454 e. The number of nitrogens with zero attached hydrogens (tertiary/aromatic N) is 1. The molecule has 0 rings (SSSR count). The molecule has 0 aromatic rings. The van der Waals surface area contributed by atoms with Gasteiger partial charge in [-0.2, -0.15) is 0 Å². The van der Waals surface area contributed by atoms with Gasteiger partial charge < -0.3 is 9.64 Å². The molecular weight excluding hydrogens is 158 g/mol.